The van der Waals surface area contributed by atoms with Crippen molar-refractivity contribution in [3.8, 4) is 0 Å². The maximum atomic E-state index is 12.9. The molecule has 1 unspecified atom stereocenters. The van der Waals surface area contributed by atoms with Crippen LogP contribution in [-0.4, -0.2) is 37.2 Å². The third-order valence-corrected chi connectivity index (χ3v) is 12.2. The Morgan fingerprint density at radius 1 is 0.273 bits per heavy atom. The van der Waals surface area contributed by atoms with Gasteiger partial charge in [0.15, 0.2) is 6.10 Å². The predicted octanol–water partition coefficient (Wildman–Crippen LogP) is 21.1. The highest BCUT2D eigenvalue weighted by Gasteiger charge is 2.19. The molecule has 0 spiro atoms. The molecule has 0 N–H and O–H groups in total. The standard InChI is InChI=1S/C71H110O6/c1-4-7-10-13-16-19-22-25-27-29-31-32-33-34-35-36-37-38-40-41-43-46-49-52-55-58-61-64-70(73)76-67-68(66-75-69(72)63-60-57-54-51-48-45-24-21-18-15-12-9-6-3)77-71(74)65-62-59-56-53-50-47-44-42-39-30-28-26-23-20-17-14-11-8-5-2/h7-8,10-12,15-17,19-21,24-28,31-32,34-35,37-39,41-43,47,50,68H,4-6,9,13-14,18,22-23,29-30,33,36,40,44-46,48-49,51-67H2,1-3H3/b10-7-,11-8-,15-12-,19-16-,20-17-,24-21-,27-25-,28-26-,32-31-,35-34-,38-37-,42-39-,43-41-,50-47-. The molecule has 6 heteroatoms. The normalized spacial score (nSPS) is 13.3. The number of unbranched alkanes of at least 4 members (excludes halogenated alkanes) is 14. The number of carbonyl (C=O) groups is 3. The molecule has 0 saturated carbocycles. The Hall–Kier alpha value is -5.23. The molecule has 0 aromatic carbocycles. The second-order valence-corrected chi connectivity index (χ2v) is 19.5. The molecule has 0 saturated heterocycles. The van der Waals surface area contributed by atoms with Gasteiger partial charge in [-0.2, -0.15) is 0 Å². The lowest BCUT2D eigenvalue weighted by Crippen LogP contribution is -2.30. The van der Waals surface area contributed by atoms with E-state index in [0.29, 0.717) is 19.3 Å². The molecule has 0 amide bonds. The van der Waals surface area contributed by atoms with Gasteiger partial charge >= 0.3 is 17.9 Å². The van der Waals surface area contributed by atoms with Crippen LogP contribution in [0.2, 0.25) is 0 Å². The minimum Gasteiger partial charge on any atom is -0.462 e. The maximum absolute atomic E-state index is 12.9. The van der Waals surface area contributed by atoms with E-state index in [1.165, 1.54) is 6.42 Å². The number of allylic oxidation sites excluding steroid dienone is 28. The van der Waals surface area contributed by atoms with Crippen LogP contribution in [0.15, 0.2) is 170 Å². The summed E-state index contributed by atoms with van der Waals surface area (Å²) >= 11 is 0. The molecular formula is C71H110O6. The van der Waals surface area contributed by atoms with Crippen molar-refractivity contribution in [3.63, 3.8) is 0 Å². The van der Waals surface area contributed by atoms with Gasteiger partial charge in [-0.05, 0) is 148 Å². The molecule has 6 nitrogen and oxygen atoms in total. The summed E-state index contributed by atoms with van der Waals surface area (Å²) < 4.78 is 16.8. The molecule has 430 valence electrons. The van der Waals surface area contributed by atoms with E-state index < -0.39 is 6.10 Å². The number of hydrogen-bond donors (Lipinski definition) is 0. The monoisotopic (exact) mass is 1060 g/mol. The van der Waals surface area contributed by atoms with Gasteiger partial charge in [-0.3, -0.25) is 14.4 Å². The first-order valence-electron chi connectivity index (χ1n) is 30.6. The van der Waals surface area contributed by atoms with Crippen molar-refractivity contribution in [2.24, 2.45) is 0 Å². The Morgan fingerprint density at radius 2 is 0.506 bits per heavy atom. The number of hydrogen-bond acceptors (Lipinski definition) is 6. The Bertz CT molecular complexity index is 1790. The molecule has 1 atom stereocenters. The molecule has 0 bridgehead atoms. The lowest BCUT2D eigenvalue weighted by atomic mass is 10.1. The fraction of sp³-hybridized carbons (Fsp3) is 0.563. The summed E-state index contributed by atoms with van der Waals surface area (Å²) in [6, 6.07) is 0. The van der Waals surface area contributed by atoms with E-state index in [9.17, 15) is 14.4 Å². The van der Waals surface area contributed by atoms with E-state index in [4.69, 9.17) is 14.2 Å². The summed E-state index contributed by atoms with van der Waals surface area (Å²) in [5.74, 6) is -0.987. The van der Waals surface area contributed by atoms with Gasteiger partial charge in [-0.15, -0.1) is 0 Å². The van der Waals surface area contributed by atoms with Crippen molar-refractivity contribution in [1.82, 2.24) is 0 Å². The van der Waals surface area contributed by atoms with E-state index in [2.05, 4.69) is 191 Å². The fourth-order valence-electron chi connectivity index (χ4n) is 7.66. The quantitative estimate of drug-likeness (QED) is 0.0261. The topological polar surface area (TPSA) is 78.9 Å². The van der Waals surface area contributed by atoms with Crippen LogP contribution in [0, 0.1) is 0 Å². The zero-order valence-corrected chi connectivity index (χ0v) is 49.1. The predicted molar refractivity (Wildman–Crippen MR) is 334 cm³/mol. The van der Waals surface area contributed by atoms with Crippen LogP contribution in [0.25, 0.3) is 0 Å². The van der Waals surface area contributed by atoms with Crippen molar-refractivity contribution in [2.75, 3.05) is 13.2 Å². The molecule has 0 aromatic rings. The van der Waals surface area contributed by atoms with Crippen LogP contribution in [0.1, 0.15) is 239 Å². The maximum Gasteiger partial charge on any atom is 0.306 e. The molecule has 0 aliphatic carbocycles. The van der Waals surface area contributed by atoms with E-state index in [1.807, 2.05) is 0 Å². The summed E-state index contributed by atoms with van der Waals surface area (Å²) in [7, 11) is 0. The minimum atomic E-state index is -0.820. The van der Waals surface area contributed by atoms with Gasteiger partial charge in [0.2, 0.25) is 0 Å². The zero-order chi connectivity index (χ0) is 55.7. The summed E-state index contributed by atoms with van der Waals surface area (Å²) in [4.78, 5) is 38.2. The third kappa shape index (κ3) is 61.5. The second-order valence-electron chi connectivity index (χ2n) is 19.5. The molecule has 0 aliphatic heterocycles. The summed E-state index contributed by atoms with van der Waals surface area (Å²) in [6.45, 7) is 6.28. The van der Waals surface area contributed by atoms with Gasteiger partial charge in [0.25, 0.3) is 0 Å². The third-order valence-electron chi connectivity index (χ3n) is 12.2. The number of ether oxygens (including phenoxy) is 3. The van der Waals surface area contributed by atoms with Gasteiger partial charge in [-0.1, -0.05) is 242 Å². The SMILES string of the molecule is CC/C=C\C/C=C\C/C=C\C/C=C\C/C=C\C/C=C\C/C=C\CCCCCCCC(=O)OCC(COC(=O)CCCCCCC/C=C\C/C=C\CCC)OC(=O)CCCCC/C=C\C/C=C\C/C=C\C/C=C\C/C=C\CC. The average molecular weight is 1060 g/mol. The van der Waals surface area contributed by atoms with Crippen molar-refractivity contribution in [3.05, 3.63) is 170 Å². The highest BCUT2D eigenvalue weighted by Crippen LogP contribution is 2.13. The molecule has 0 heterocycles. The van der Waals surface area contributed by atoms with Gasteiger partial charge in [0, 0.05) is 19.3 Å². The lowest BCUT2D eigenvalue weighted by Gasteiger charge is -2.18. The molecular weight excluding hydrogens is 949 g/mol. The van der Waals surface area contributed by atoms with Crippen molar-refractivity contribution >= 4 is 17.9 Å². The molecule has 0 aromatic heterocycles. The fourth-order valence-corrected chi connectivity index (χ4v) is 7.66. The highest BCUT2D eigenvalue weighted by atomic mass is 16.6. The van der Waals surface area contributed by atoms with Gasteiger partial charge in [0.1, 0.15) is 13.2 Å². The lowest BCUT2D eigenvalue weighted by molar-refractivity contribution is -0.167. The van der Waals surface area contributed by atoms with E-state index in [1.54, 1.807) is 0 Å². The first-order valence-corrected chi connectivity index (χ1v) is 30.6. The smallest absolute Gasteiger partial charge is 0.306 e. The first-order chi connectivity index (χ1) is 38.0. The Morgan fingerprint density at radius 3 is 0.805 bits per heavy atom. The van der Waals surface area contributed by atoms with Crippen LogP contribution >= 0.6 is 0 Å². The van der Waals surface area contributed by atoms with E-state index in [0.717, 1.165) is 186 Å². The second kappa shape index (κ2) is 63.3. The van der Waals surface area contributed by atoms with E-state index >= 15 is 0 Å². The van der Waals surface area contributed by atoms with Crippen LogP contribution < -0.4 is 0 Å². The van der Waals surface area contributed by atoms with Crippen molar-refractivity contribution in [1.29, 1.82) is 0 Å². The Balaban J connectivity index is 4.48. The highest BCUT2D eigenvalue weighted by molar-refractivity contribution is 5.71. The van der Waals surface area contributed by atoms with E-state index in [-0.39, 0.29) is 37.5 Å². The zero-order valence-electron chi connectivity index (χ0n) is 49.1. The minimum absolute atomic E-state index is 0.113. The van der Waals surface area contributed by atoms with Crippen LogP contribution in [-0.2, 0) is 28.6 Å². The Labute approximate surface area is 472 Å². The number of carbonyl (C=O) groups excluding carboxylic acids is 3. The summed E-state index contributed by atoms with van der Waals surface area (Å²) in [5.41, 5.74) is 0. The van der Waals surface area contributed by atoms with Crippen LogP contribution in [0.3, 0.4) is 0 Å². The van der Waals surface area contributed by atoms with Gasteiger partial charge < -0.3 is 14.2 Å². The summed E-state index contributed by atoms with van der Waals surface area (Å²) in [5, 5.41) is 0. The number of rotatable bonds is 53. The molecule has 0 fully saturated rings. The van der Waals surface area contributed by atoms with Gasteiger partial charge in [-0.25, -0.2) is 0 Å². The largest absolute Gasteiger partial charge is 0.462 e. The summed E-state index contributed by atoms with van der Waals surface area (Å²) in [6.07, 6.45) is 93.5. The molecule has 0 rings (SSSR count). The average Bonchev–Trinajstić information content (AvgIpc) is 3.43. The molecule has 0 aliphatic rings. The van der Waals surface area contributed by atoms with Crippen LogP contribution in [0.4, 0.5) is 0 Å². The Kier molecular flexibility index (Phi) is 59.0. The van der Waals surface area contributed by atoms with Crippen LogP contribution in [0.5, 0.6) is 0 Å². The van der Waals surface area contributed by atoms with Gasteiger partial charge in [0.05, 0.1) is 0 Å². The first kappa shape index (κ1) is 71.8. The molecule has 0 radical (unpaired) electrons. The molecule has 77 heavy (non-hydrogen) atoms. The van der Waals surface area contributed by atoms with Crippen molar-refractivity contribution in [2.45, 2.75) is 245 Å². The van der Waals surface area contributed by atoms with Crippen molar-refractivity contribution < 1.29 is 28.6 Å². The number of esters is 3.